The van der Waals surface area contributed by atoms with Gasteiger partial charge in [0.25, 0.3) is 5.56 Å². The minimum atomic E-state index is -0.216. The first-order chi connectivity index (χ1) is 11.1. The Kier molecular flexibility index (Phi) is 4.37. The third kappa shape index (κ3) is 2.96. The molecule has 1 fully saturated rings. The molecule has 1 N–H and O–H groups in total. The largest absolute Gasteiger partial charge is 0.320 e. The number of nitrogens with one attached hydrogen (secondary N) is 1. The third-order valence-corrected chi connectivity index (χ3v) is 4.54. The number of aromatic nitrogens is 2. The van der Waals surface area contributed by atoms with Crippen molar-refractivity contribution >= 4 is 11.6 Å². The van der Waals surface area contributed by atoms with E-state index in [0.29, 0.717) is 5.69 Å². The van der Waals surface area contributed by atoms with E-state index in [1.54, 1.807) is 0 Å². The molecule has 122 valence electrons. The Morgan fingerprint density at radius 2 is 1.78 bits per heavy atom. The highest BCUT2D eigenvalue weighted by molar-refractivity contribution is 5.89. The minimum absolute atomic E-state index is 0.103. The van der Waals surface area contributed by atoms with Crippen LogP contribution in [0.1, 0.15) is 50.8 Å². The van der Waals surface area contributed by atoms with Gasteiger partial charge in [-0.2, -0.15) is 0 Å². The molecule has 0 saturated heterocycles. The summed E-state index contributed by atoms with van der Waals surface area (Å²) in [4.78, 5) is 24.4. The van der Waals surface area contributed by atoms with Crippen LogP contribution in [0, 0.1) is 6.92 Å². The average molecular weight is 313 g/mol. The van der Waals surface area contributed by atoms with Gasteiger partial charge in [-0.15, -0.1) is 0 Å². The van der Waals surface area contributed by atoms with Crippen molar-refractivity contribution in [3.05, 3.63) is 46.4 Å². The molecular formula is C18H23N3O2. The Bertz CT molecular complexity index is 753. The van der Waals surface area contributed by atoms with Gasteiger partial charge in [0.2, 0.25) is 5.91 Å². The molecule has 1 amide bonds. The zero-order valence-electron chi connectivity index (χ0n) is 13.7. The molecule has 1 aliphatic carbocycles. The Balaban J connectivity index is 2.19. The summed E-state index contributed by atoms with van der Waals surface area (Å²) >= 11 is 0. The van der Waals surface area contributed by atoms with E-state index >= 15 is 0 Å². The van der Waals surface area contributed by atoms with Crippen molar-refractivity contribution < 1.29 is 4.79 Å². The molecule has 0 spiro atoms. The van der Waals surface area contributed by atoms with E-state index in [9.17, 15) is 9.59 Å². The van der Waals surface area contributed by atoms with Crippen LogP contribution in [0.5, 0.6) is 0 Å². The van der Waals surface area contributed by atoms with Crippen molar-refractivity contribution in [1.82, 2.24) is 9.36 Å². The van der Waals surface area contributed by atoms with Crippen LogP contribution in [0.15, 0.2) is 35.1 Å². The average Bonchev–Trinajstić information content (AvgIpc) is 2.80. The van der Waals surface area contributed by atoms with Gasteiger partial charge < -0.3 is 5.32 Å². The summed E-state index contributed by atoms with van der Waals surface area (Å²) in [7, 11) is 0. The van der Waals surface area contributed by atoms with Crippen molar-refractivity contribution in [1.29, 1.82) is 0 Å². The predicted molar refractivity (Wildman–Crippen MR) is 91.2 cm³/mol. The number of carbonyl (C=O) groups is 1. The molecule has 5 nitrogen and oxygen atoms in total. The molecule has 1 aromatic heterocycles. The molecule has 0 bridgehead atoms. The fraction of sp³-hybridized carbons (Fsp3) is 0.444. The smallest absolute Gasteiger partial charge is 0.291 e. The second-order valence-electron chi connectivity index (χ2n) is 6.23. The summed E-state index contributed by atoms with van der Waals surface area (Å²) in [5.74, 6) is -0.216. The maximum Gasteiger partial charge on any atom is 0.291 e. The molecule has 0 atom stereocenters. The zero-order valence-corrected chi connectivity index (χ0v) is 13.7. The lowest BCUT2D eigenvalue weighted by Gasteiger charge is -2.26. The molecule has 3 rings (SSSR count). The van der Waals surface area contributed by atoms with E-state index in [2.05, 4.69) is 5.32 Å². The van der Waals surface area contributed by atoms with Crippen molar-refractivity contribution in [2.45, 2.75) is 52.0 Å². The molecule has 0 aliphatic heterocycles. The molecule has 0 unspecified atom stereocenters. The Morgan fingerprint density at radius 1 is 1.13 bits per heavy atom. The van der Waals surface area contributed by atoms with E-state index < -0.39 is 0 Å². The van der Waals surface area contributed by atoms with Crippen LogP contribution in [-0.2, 0) is 4.79 Å². The predicted octanol–water partition coefficient (Wildman–Crippen LogP) is 3.41. The van der Waals surface area contributed by atoms with Gasteiger partial charge in [-0.3, -0.25) is 14.3 Å². The van der Waals surface area contributed by atoms with Crippen LogP contribution in [0.3, 0.4) is 0 Å². The SMILES string of the molecule is CC(=O)Nc1c(C)n(-c2ccccc2)n(C2CCCCC2)c1=O. The number of amides is 1. The Hall–Kier alpha value is -2.30. The molecule has 1 aromatic carbocycles. The van der Waals surface area contributed by atoms with Gasteiger partial charge in [-0.25, -0.2) is 4.68 Å². The van der Waals surface area contributed by atoms with Crippen molar-refractivity contribution in [2.24, 2.45) is 0 Å². The summed E-state index contributed by atoms with van der Waals surface area (Å²) in [6.45, 7) is 3.32. The first-order valence-electron chi connectivity index (χ1n) is 8.26. The van der Waals surface area contributed by atoms with Crippen molar-refractivity contribution in [2.75, 3.05) is 5.32 Å². The number of benzene rings is 1. The number of nitrogens with zero attached hydrogens (tertiary/aromatic N) is 2. The normalized spacial score (nSPS) is 15.6. The number of para-hydroxylation sites is 1. The maximum absolute atomic E-state index is 12.9. The lowest BCUT2D eigenvalue weighted by atomic mass is 9.96. The van der Waals surface area contributed by atoms with Gasteiger partial charge in [0.1, 0.15) is 5.69 Å². The third-order valence-electron chi connectivity index (χ3n) is 4.54. The Labute approximate surface area is 135 Å². The topological polar surface area (TPSA) is 56.0 Å². The molecule has 2 aromatic rings. The van der Waals surface area contributed by atoms with E-state index in [1.807, 2.05) is 46.6 Å². The number of anilines is 1. The fourth-order valence-corrected chi connectivity index (χ4v) is 3.49. The lowest BCUT2D eigenvalue weighted by molar-refractivity contribution is -0.114. The first-order valence-corrected chi connectivity index (χ1v) is 8.26. The second-order valence-corrected chi connectivity index (χ2v) is 6.23. The quantitative estimate of drug-likeness (QED) is 0.944. The molecule has 1 heterocycles. The maximum atomic E-state index is 12.9. The van der Waals surface area contributed by atoms with Gasteiger partial charge in [0, 0.05) is 6.92 Å². The summed E-state index contributed by atoms with van der Waals surface area (Å²) in [5.41, 5.74) is 2.02. The highest BCUT2D eigenvalue weighted by Gasteiger charge is 2.25. The molecule has 5 heteroatoms. The summed E-state index contributed by atoms with van der Waals surface area (Å²) < 4.78 is 3.80. The fourth-order valence-electron chi connectivity index (χ4n) is 3.49. The highest BCUT2D eigenvalue weighted by atomic mass is 16.2. The number of rotatable bonds is 3. The van der Waals surface area contributed by atoms with Gasteiger partial charge in [0.15, 0.2) is 0 Å². The number of carbonyl (C=O) groups excluding carboxylic acids is 1. The van der Waals surface area contributed by atoms with E-state index in [4.69, 9.17) is 0 Å². The van der Waals surface area contributed by atoms with Crippen LogP contribution in [0.4, 0.5) is 5.69 Å². The molecule has 0 radical (unpaired) electrons. The van der Waals surface area contributed by atoms with Crippen molar-refractivity contribution in [3.63, 3.8) is 0 Å². The van der Waals surface area contributed by atoms with Crippen LogP contribution in [0.2, 0.25) is 0 Å². The molecular weight excluding hydrogens is 290 g/mol. The molecule has 1 aliphatic rings. The van der Waals surface area contributed by atoms with Crippen LogP contribution in [0.25, 0.3) is 5.69 Å². The standard InChI is InChI=1S/C18H23N3O2/c1-13-17(19-14(2)22)18(23)21(16-11-7-4-8-12-16)20(13)15-9-5-3-6-10-15/h3,5-6,9-10,16H,4,7-8,11-12H2,1-2H3,(H,19,22). The first kappa shape index (κ1) is 15.6. The van der Waals surface area contributed by atoms with Gasteiger partial charge in [0.05, 0.1) is 17.4 Å². The van der Waals surface area contributed by atoms with E-state index in [-0.39, 0.29) is 17.5 Å². The van der Waals surface area contributed by atoms with Gasteiger partial charge in [-0.1, -0.05) is 37.5 Å². The lowest BCUT2D eigenvalue weighted by Crippen LogP contribution is -2.29. The second kappa shape index (κ2) is 6.44. The summed E-state index contributed by atoms with van der Waals surface area (Å²) in [6.07, 6.45) is 5.54. The van der Waals surface area contributed by atoms with Crippen LogP contribution in [-0.4, -0.2) is 15.3 Å². The molecule has 1 saturated carbocycles. The van der Waals surface area contributed by atoms with Gasteiger partial charge >= 0.3 is 0 Å². The van der Waals surface area contributed by atoms with Crippen LogP contribution < -0.4 is 10.9 Å². The summed E-state index contributed by atoms with van der Waals surface area (Å²) in [5, 5.41) is 2.72. The number of hydrogen-bond acceptors (Lipinski definition) is 2. The van der Waals surface area contributed by atoms with Gasteiger partial charge in [-0.05, 0) is 31.9 Å². The highest BCUT2D eigenvalue weighted by Crippen LogP contribution is 2.30. The Morgan fingerprint density at radius 3 is 2.39 bits per heavy atom. The monoisotopic (exact) mass is 313 g/mol. The van der Waals surface area contributed by atoms with Crippen molar-refractivity contribution in [3.8, 4) is 5.69 Å². The zero-order chi connectivity index (χ0) is 16.4. The van der Waals surface area contributed by atoms with E-state index in [1.165, 1.54) is 13.3 Å². The summed E-state index contributed by atoms with van der Waals surface area (Å²) in [6, 6.07) is 10.1. The van der Waals surface area contributed by atoms with E-state index in [0.717, 1.165) is 37.1 Å². The van der Waals surface area contributed by atoms with Crippen LogP contribution >= 0.6 is 0 Å². The minimum Gasteiger partial charge on any atom is -0.320 e. The molecule has 23 heavy (non-hydrogen) atoms. The number of hydrogen-bond donors (Lipinski definition) is 1.